The van der Waals surface area contributed by atoms with Gasteiger partial charge in [0, 0.05) is 30.4 Å². The molecule has 0 spiro atoms. The fraction of sp³-hybridized carbons (Fsp3) is 0.583. The lowest BCUT2D eigenvalue weighted by molar-refractivity contribution is 0.171. The van der Waals surface area contributed by atoms with E-state index in [1.54, 1.807) is 6.20 Å². The third-order valence-electron chi connectivity index (χ3n) is 2.79. The van der Waals surface area contributed by atoms with Gasteiger partial charge in [0.05, 0.1) is 6.61 Å². The first-order chi connectivity index (χ1) is 7.20. The molecule has 1 atom stereocenters. The lowest BCUT2D eigenvalue weighted by atomic mass is 10.0. The number of rotatable bonds is 6. The van der Waals surface area contributed by atoms with E-state index in [-0.39, 0.29) is 12.1 Å². The molecule has 1 unspecified atom stereocenters. The molecule has 0 aliphatic heterocycles. The topological polar surface area (TPSA) is 45.1 Å². The van der Waals surface area contributed by atoms with E-state index in [4.69, 9.17) is 0 Å². The minimum atomic E-state index is -0.158. The smallest absolute Gasteiger partial charge is 0.0610 e. The van der Waals surface area contributed by atoms with Gasteiger partial charge in [-0.3, -0.25) is 4.98 Å². The zero-order valence-electron chi connectivity index (χ0n) is 9.53. The van der Waals surface area contributed by atoms with E-state index in [0.29, 0.717) is 0 Å². The van der Waals surface area contributed by atoms with E-state index in [9.17, 15) is 5.11 Å². The van der Waals surface area contributed by atoms with Gasteiger partial charge in [-0.15, -0.1) is 0 Å². The first-order valence-electron chi connectivity index (χ1n) is 5.46. The zero-order valence-corrected chi connectivity index (χ0v) is 9.53. The molecular formula is C12H20N2O. The van der Waals surface area contributed by atoms with Gasteiger partial charge < -0.3 is 10.4 Å². The van der Waals surface area contributed by atoms with Crippen LogP contribution in [0.1, 0.15) is 26.0 Å². The monoisotopic (exact) mass is 208 g/mol. The van der Waals surface area contributed by atoms with E-state index >= 15 is 0 Å². The number of pyridine rings is 1. The second-order valence-corrected chi connectivity index (χ2v) is 4.07. The Balaban J connectivity index is 2.33. The number of aliphatic hydroxyl groups is 1. The van der Waals surface area contributed by atoms with Gasteiger partial charge in [0.25, 0.3) is 0 Å². The van der Waals surface area contributed by atoms with Crippen LogP contribution in [0.5, 0.6) is 0 Å². The van der Waals surface area contributed by atoms with Crippen LogP contribution < -0.4 is 5.32 Å². The van der Waals surface area contributed by atoms with Crippen molar-refractivity contribution in [3.05, 3.63) is 30.1 Å². The lowest BCUT2D eigenvalue weighted by Gasteiger charge is -2.27. The van der Waals surface area contributed by atoms with Crippen molar-refractivity contribution >= 4 is 0 Å². The third kappa shape index (κ3) is 3.98. The van der Waals surface area contributed by atoms with Crippen LogP contribution in [-0.4, -0.2) is 28.8 Å². The van der Waals surface area contributed by atoms with Crippen LogP contribution in [0.25, 0.3) is 0 Å². The fourth-order valence-electron chi connectivity index (χ4n) is 1.33. The molecule has 2 N–H and O–H groups in total. The van der Waals surface area contributed by atoms with Gasteiger partial charge in [0.15, 0.2) is 0 Å². The second kappa shape index (κ2) is 5.83. The van der Waals surface area contributed by atoms with Gasteiger partial charge in [0.2, 0.25) is 0 Å². The first-order valence-corrected chi connectivity index (χ1v) is 5.46. The van der Waals surface area contributed by atoms with Crippen LogP contribution in [0.3, 0.4) is 0 Å². The Morgan fingerprint density at radius 3 is 2.80 bits per heavy atom. The predicted molar refractivity (Wildman–Crippen MR) is 61.7 cm³/mol. The van der Waals surface area contributed by atoms with Crippen molar-refractivity contribution in [2.75, 3.05) is 13.2 Å². The Morgan fingerprint density at radius 2 is 2.27 bits per heavy atom. The van der Waals surface area contributed by atoms with Crippen molar-refractivity contribution in [3.63, 3.8) is 0 Å². The normalized spacial score (nSPS) is 14.9. The Morgan fingerprint density at radius 1 is 1.47 bits per heavy atom. The molecule has 0 aliphatic rings. The molecule has 84 valence electrons. The molecule has 0 amide bonds. The molecule has 15 heavy (non-hydrogen) atoms. The van der Waals surface area contributed by atoms with Crippen molar-refractivity contribution in [2.24, 2.45) is 0 Å². The summed E-state index contributed by atoms with van der Waals surface area (Å²) >= 11 is 0. The molecule has 0 saturated heterocycles. The molecule has 1 aromatic rings. The molecule has 0 aliphatic carbocycles. The summed E-state index contributed by atoms with van der Waals surface area (Å²) in [6.45, 7) is 5.13. The molecule has 0 saturated carbocycles. The zero-order chi connectivity index (χ0) is 11.1. The number of aromatic nitrogens is 1. The molecule has 3 nitrogen and oxygen atoms in total. The predicted octanol–water partition coefficient (Wildman–Crippen LogP) is 1.37. The molecule has 0 radical (unpaired) electrons. The number of nitrogens with zero attached hydrogens (tertiary/aromatic N) is 1. The number of nitrogens with one attached hydrogen (secondary N) is 1. The molecule has 1 aromatic heterocycles. The maximum atomic E-state index is 9.20. The van der Waals surface area contributed by atoms with Crippen LogP contribution in [0, 0.1) is 0 Å². The minimum Gasteiger partial charge on any atom is -0.394 e. The molecule has 0 aromatic carbocycles. The van der Waals surface area contributed by atoms with Crippen LogP contribution in [-0.2, 0) is 6.42 Å². The summed E-state index contributed by atoms with van der Waals surface area (Å²) in [6, 6.07) is 5.93. The van der Waals surface area contributed by atoms with Crippen molar-refractivity contribution in [3.8, 4) is 0 Å². The Labute approximate surface area is 91.5 Å². The highest BCUT2D eigenvalue weighted by atomic mass is 16.3. The van der Waals surface area contributed by atoms with Crippen molar-refractivity contribution in [2.45, 2.75) is 32.2 Å². The largest absolute Gasteiger partial charge is 0.394 e. The van der Waals surface area contributed by atoms with Gasteiger partial charge in [-0.05, 0) is 25.5 Å². The first kappa shape index (κ1) is 12.1. The second-order valence-electron chi connectivity index (χ2n) is 4.07. The molecule has 0 bridgehead atoms. The molecule has 0 fully saturated rings. The highest BCUT2D eigenvalue weighted by Gasteiger charge is 2.18. The summed E-state index contributed by atoms with van der Waals surface area (Å²) in [6.07, 6.45) is 3.63. The average molecular weight is 208 g/mol. The van der Waals surface area contributed by atoms with Gasteiger partial charge in [-0.1, -0.05) is 13.0 Å². The summed E-state index contributed by atoms with van der Waals surface area (Å²) < 4.78 is 0. The maximum Gasteiger partial charge on any atom is 0.0610 e. The van der Waals surface area contributed by atoms with Gasteiger partial charge in [0.1, 0.15) is 0 Å². The quantitative estimate of drug-likeness (QED) is 0.742. The van der Waals surface area contributed by atoms with Crippen LogP contribution in [0.2, 0.25) is 0 Å². The van der Waals surface area contributed by atoms with E-state index < -0.39 is 0 Å². The molecular weight excluding hydrogens is 188 g/mol. The molecule has 1 rings (SSSR count). The summed E-state index contributed by atoms with van der Waals surface area (Å²) in [5, 5.41) is 12.6. The van der Waals surface area contributed by atoms with Gasteiger partial charge in [-0.2, -0.15) is 0 Å². The van der Waals surface area contributed by atoms with Gasteiger partial charge >= 0.3 is 0 Å². The maximum absolute atomic E-state index is 9.20. The molecule has 1 heterocycles. The summed E-state index contributed by atoms with van der Waals surface area (Å²) in [4.78, 5) is 4.25. The SMILES string of the molecule is CCC(C)(CO)NCCc1ccccn1. The van der Waals surface area contributed by atoms with E-state index in [0.717, 1.165) is 25.1 Å². The van der Waals surface area contributed by atoms with Crippen LogP contribution >= 0.6 is 0 Å². The van der Waals surface area contributed by atoms with Gasteiger partial charge in [-0.25, -0.2) is 0 Å². The van der Waals surface area contributed by atoms with Crippen molar-refractivity contribution in [1.29, 1.82) is 0 Å². The lowest BCUT2D eigenvalue weighted by Crippen LogP contribution is -2.46. The van der Waals surface area contributed by atoms with Crippen LogP contribution in [0.15, 0.2) is 24.4 Å². The standard InChI is InChI=1S/C12H20N2O/c1-3-12(2,10-15)14-9-7-11-6-4-5-8-13-11/h4-6,8,14-15H,3,7,9-10H2,1-2H3. The Hall–Kier alpha value is -0.930. The highest BCUT2D eigenvalue weighted by Crippen LogP contribution is 2.07. The van der Waals surface area contributed by atoms with E-state index in [1.807, 2.05) is 25.1 Å². The van der Waals surface area contributed by atoms with Crippen molar-refractivity contribution in [1.82, 2.24) is 10.3 Å². The van der Waals surface area contributed by atoms with Crippen LogP contribution in [0.4, 0.5) is 0 Å². The summed E-state index contributed by atoms with van der Waals surface area (Å²) in [5.74, 6) is 0. The number of hydrogen-bond acceptors (Lipinski definition) is 3. The third-order valence-corrected chi connectivity index (χ3v) is 2.79. The Kier molecular flexibility index (Phi) is 4.72. The fourth-order valence-corrected chi connectivity index (χ4v) is 1.33. The highest BCUT2D eigenvalue weighted by molar-refractivity contribution is 5.03. The van der Waals surface area contributed by atoms with E-state index in [1.165, 1.54) is 0 Å². The van der Waals surface area contributed by atoms with Crippen molar-refractivity contribution < 1.29 is 5.11 Å². The average Bonchev–Trinajstić information content (AvgIpc) is 2.30. The minimum absolute atomic E-state index is 0.158. The Bertz CT molecular complexity index is 270. The molecule has 3 heteroatoms. The summed E-state index contributed by atoms with van der Waals surface area (Å²) in [5.41, 5.74) is 0.927. The number of hydrogen-bond donors (Lipinski definition) is 2. The van der Waals surface area contributed by atoms with E-state index in [2.05, 4.69) is 17.2 Å². The number of aliphatic hydroxyl groups excluding tert-OH is 1. The summed E-state index contributed by atoms with van der Waals surface area (Å²) in [7, 11) is 0.